The van der Waals surface area contributed by atoms with Gasteiger partial charge in [0.1, 0.15) is 17.9 Å². The molecule has 0 fully saturated rings. The maximum absolute atomic E-state index is 12.3. The number of hydrazone groups is 1. The largest absolute Gasteiger partial charge is 0.488 e. The van der Waals surface area contributed by atoms with Gasteiger partial charge in [-0.25, -0.2) is 5.43 Å². The van der Waals surface area contributed by atoms with E-state index in [0.717, 1.165) is 21.0 Å². The van der Waals surface area contributed by atoms with Crippen molar-refractivity contribution in [1.82, 2.24) is 5.43 Å². The Morgan fingerprint density at radius 1 is 1.03 bits per heavy atom. The van der Waals surface area contributed by atoms with E-state index in [1.54, 1.807) is 12.3 Å². The van der Waals surface area contributed by atoms with Crippen molar-refractivity contribution in [2.24, 2.45) is 5.10 Å². The van der Waals surface area contributed by atoms with Gasteiger partial charge < -0.3 is 9.15 Å². The van der Waals surface area contributed by atoms with Gasteiger partial charge in [0.05, 0.1) is 6.21 Å². The van der Waals surface area contributed by atoms with Crippen molar-refractivity contribution in [2.75, 3.05) is 0 Å². The molecule has 1 heterocycles. The number of nitrogens with one attached hydrogen (secondary N) is 1. The van der Waals surface area contributed by atoms with Gasteiger partial charge >= 0.3 is 5.91 Å². The minimum absolute atomic E-state index is 0.207. The number of halogens is 1. The van der Waals surface area contributed by atoms with Gasteiger partial charge in [-0.2, -0.15) is 5.10 Å². The summed E-state index contributed by atoms with van der Waals surface area (Å²) in [6.07, 6.45) is 1.55. The highest BCUT2D eigenvalue weighted by Crippen LogP contribution is 2.23. The molecule has 1 N–H and O–H groups in total. The maximum atomic E-state index is 12.3. The number of furan rings is 1. The van der Waals surface area contributed by atoms with Gasteiger partial charge in [0.15, 0.2) is 5.76 Å². The van der Waals surface area contributed by atoms with Crippen LogP contribution in [0.4, 0.5) is 0 Å². The van der Waals surface area contributed by atoms with Crippen molar-refractivity contribution in [3.63, 3.8) is 0 Å². The van der Waals surface area contributed by atoms with Crippen LogP contribution in [0.15, 0.2) is 92.9 Å². The van der Waals surface area contributed by atoms with Gasteiger partial charge in [0.25, 0.3) is 0 Å². The van der Waals surface area contributed by atoms with Crippen LogP contribution in [0.3, 0.4) is 0 Å². The lowest BCUT2D eigenvalue weighted by Gasteiger charge is -2.09. The van der Waals surface area contributed by atoms with E-state index in [-0.39, 0.29) is 5.76 Å². The highest BCUT2D eigenvalue weighted by molar-refractivity contribution is 9.10. The molecule has 0 saturated heterocycles. The summed E-state index contributed by atoms with van der Waals surface area (Å²) in [7, 11) is 0. The fourth-order valence-electron chi connectivity index (χ4n) is 2.80. The monoisotopic (exact) mass is 448 g/mol. The Hall–Kier alpha value is -3.38. The Labute approximate surface area is 176 Å². The lowest BCUT2D eigenvalue weighted by atomic mass is 10.2. The molecule has 1 amide bonds. The quantitative estimate of drug-likeness (QED) is 0.311. The Balaban J connectivity index is 1.45. The molecule has 0 radical (unpaired) electrons. The smallest absolute Gasteiger partial charge is 0.307 e. The normalized spacial score (nSPS) is 11.1. The first-order valence-electron chi connectivity index (χ1n) is 8.97. The number of para-hydroxylation sites is 1. The zero-order valence-corrected chi connectivity index (χ0v) is 16.9. The van der Waals surface area contributed by atoms with Gasteiger partial charge in [-0.1, -0.05) is 64.5 Å². The number of carbonyl (C=O) groups excluding carboxylic acids is 1. The molecule has 0 aliphatic heterocycles. The van der Waals surface area contributed by atoms with Crippen LogP contribution >= 0.6 is 15.9 Å². The molecule has 0 spiro atoms. The fraction of sp³-hybridized carbons (Fsp3) is 0.0435. The first kappa shape index (κ1) is 19.0. The van der Waals surface area contributed by atoms with E-state index in [4.69, 9.17) is 9.15 Å². The number of carbonyl (C=O) groups is 1. The molecule has 0 saturated carbocycles. The molecule has 0 unspecified atom stereocenters. The second-order valence-electron chi connectivity index (χ2n) is 6.30. The molecule has 0 aliphatic carbocycles. The SMILES string of the molecule is O=C(N/N=C/c1cc(Br)ccc1OCc1ccccc1)c1cc2ccccc2o1. The number of nitrogens with zero attached hydrogens (tertiary/aromatic N) is 1. The van der Waals surface area contributed by atoms with Gasteiger partial charge in [-0.05, 0) is 35.9 Å². The van der Waals surface area contributed by atoms with Gasteiger partial charge in [-0.3, -0.25) is 4.79 Å². The van der Waals surface area contributed by atoms with Gasteiger partial charge in [0, 0.05) is 15.4 Å². The predicted octanol–water partition coefficient (Wildman–Crippen LogP) is 5.54. The third-order valence-electron chi connectivity index (χ3n) is 4.23. The van der Waals surface area contributed by atoms with Crippen molar-refractivity contribution in [3.05, 3.63) is 100 Å². The van der Waals surface area contributed by atoms with Crippen molar-refractivity contribution in [1.29, 1.82) is 0 Å². The van der Waals surface area contributed by atoms with Crippen LogP contribution < -0.4 is 10.2 Å². The summed E-state index contributed by atoms with van der Waals surface area (Å²) in [4.78, 5) is 12.3. The average Bonchev–Trinajstić information content (AvgIpc) is 3.18. The lowest BCUT2D eigenvalue weighted by molar-refractivity contribution is 0.0929. The number of fused-ring (bicyclic) bond motifs is 1. The fourth-order valence-corrected chi connectivity index (χ4v) is 3.18. The van der Waals surface area contributed by atoms with Crippen molar-refractivity contribution < 1.29 is 13.9 Å². The molecule has 4 rings (SSSR count). The third-order valence-corrected chi connectivity index (χ3v) is 4.72. The number of hydrogen-bond acceptors (Lipinski definition) is 4. The van der Waals surface area contributed by atoms with Crippen LogP contribution in [0.5, 0.6) is 5.75 Å². The van der Waals surface area contributed by atoms with Gasteiger partial charge in [-0.15, -0.1) is 0 Å². The molecule has 4 aromatic rings. The Morgan fingerprint density at radius 3 is 2.66 bits per heavy atom. The Bertz CT molecular complexity index is 1140. The number of benzene rings is 3. The third kappa shape index (κ3) is 4.73. The van der Waals surface area contributed by atoms with E-state index in [9.17, 15) is 4.79 Å². The van der Waals surface area contributed by atoms with E-state index in [1.807, 2.05) is 72.8 Å². The van der Waals surface area contributed by atoms with Crippen LogP contribution in [-0.4, -0.2) is 12.1 Å². The topological polar surface area (TPSA) is 63.8 Å². The number of hydrogen-bond donors (Lipinski definition) is 1. The molecule has 1 aromatic heterocycles. The molecule has 0 aliphatic rings. The highest BCUT2D eigenvalue weighted by Gasteiger charge is 2.11. The van der Waals surface area contributed by atoms with Crippen molar-refractivity contribution in [3.8, 4) is 5.75 Å². The molecular weight excluding hydrogens is 432 g/mol. The maximum Gasteiger partial charge on any atom is 0.307 e. The molecule has 144 valence electrons. The molecule has 0 atom stereocenters. The van der Waals surface area contributed by atoms with E-state index in [0.29, 0.717) is 17.9 Å². The van der Waals surface area contributed by atoms with Crippen molar-refractivity contribution in [2.45, 2.75) is 6.61 Å². The molecule has 5 nitrogen and oxygen atoms in total. The van der Waals surface area contributed by atoms with E-state index in [1.165, 1.54) is 0 Å². The number of ether oxygens (including phenoxy) is 1. The van der Waals surface area contributed by atoms with Gasteiger partial charge in [0.2, 0.25) is 0 Å². The second-order valence-corrected chi connectivity index (χ2v) is 7.22. The summed E-state index contributed by atoms with van der Waals surface area (Å²) >= 11 is 3.45. The summed E-state index contributed by atoms with van der Waals surface area (Å²) in [5, 5.41) is 4.93. The highest BCUT2D eigenvalue weighted by atomic mass is 79.9. The zero-order valence-electron chi connectivity index (χ0n) is 15.3. The van der Waals surface area contributed by atoms with E-state index in [2.05, 4.69) is 26.5 Å². The van der Waals surface area contributed by atoms with Crippen molar-refractivity contribution >= 4 is 39.0 Å². The summed E-state index contributed by atoms with van der Waals surface area (Å²) in [5.41, 5.74) is 4.95. The molecular formula is C23H17BrN2O3. The summed E-state index contributed by atoms with van der Waals surface area (Å²) < 4.78 is 12.3. The minimum atomic E-state index is -0.417. The first-order valence-corrected chi connectivity index (χ1v) is 9.76. The summed E-state index contributed by atoms with van der Waals surface area (Å²) in [5.74, 6) is 0.455. The summed E-state index contributed by atoms with van der Waals surface area (Å²) in [6.45, 7) is 0.439. The molecule has 29 heavy (non-hydrogen) atoms. The van der Waals surface area contributed by atoms with Crippen LogP contribution in [-0.2, 0) is 6.61 Å². The second kappa shape index (κ2) is 8.75. The van der Waals surface area contributed by atoms with E-state index >= 15 is 0 Å². The minimum Gasteiger partial charge on any atom is -0.488 e. The van der Waals surface area contributed by atoms with Crippen LogP contribution in [0, 0.1) is 0 Å². The zero-order chi connectivity index (χ0) is 20.1. The molecule has 0 bridgehead atoms. The van der Waals surface area contributed by atoms with Crippen LogP contribution in [0.25, 0.3) is 11.0 Å². The first-order chi connectivity index (χ1) is 14.2. The average molecular weight is 449 g/mol. The van der Waals surface area contributed by atoms with Crippen LogP contribution in [0.1, 0.15) is 21.7 Å². The van der Waals surface area contributed by atoms with E-state index < -0.39 is 5.91 Å². The molecule has 3 aromatic carbocycles. The number of amides is 1. The number of rotatable bonds is 6. The van der Waals surface area contributed by atoms with Crippen LogP contribution in [0.2, 0.25) is 0 Å². The predicted molar refractivity (Wildman–Crippen MR) is 116 cm³/mol. The molecule has 6 heteroatoms. The standard InChI is InChI=1S/C23H17BrN2O3/c24-19-10-11-20(28-15-16-6-2-1-3-7-16)18(12-19)14-25-26-23(27)22-13-17-8-4-5-9-21(17)29-22/h1-14H,15H2,(H,26,27)/b25-14+. The lowest BCUT2D eigenvalue weighted by Crippen LogP contribution is -2.16. The Kier molecular flexibility index (Phi) is 5.72. The Morgan fingerprint density at radius 2 is 1.83 bits per heavy atom. The summed E-state index contributed by atoms with van der Waals surface area (Å²) in [6, 6.07) is 24.7.